The summed E-state index contributed by atoms with van der Waals surface area (Å²) in [6.45, 7) is 3.13. The van der Waals surface area contributed by atoms with Crippen molar-refractivity contribution in [2.45, 2.75) is 13.8 Å². The molecule has 2 N–H and O–H groups in total. The number of carboxylic acid groups (broad SMARTS) is 1. The summed E-state index contributed by atoms with van der Waals surface area (Å²) in [6.07, 6.45) is 1.21. The fourth-order valence-electron chi connectivity index (χ4n) is 1.54. The molecule has 7 heteroatoms. The minimum atomic E-state index is -1.17. The van der Waals surface area contributed by atoms with E-state index in [2.05, 4.69) is 15.5 Å². The fraction of sp³-hybridized carbons (Fsp3) is 0.231. The SMILES string of the molecule is Cc1ccc(-c2nnco2)cc1NC(=O)C(C)C(=O)O. The van der Waals surface area contributed by atoms with Crippen molar-refractivity contribution in [3.05, 3.63) is 30.2 Å². The Morgan fingerprint density at radius 3 is 2.75 bits per heavy atom. The second kappa shape index (κ2) is 5.52. The molecule has 1 aromatic carbocycles. The van der Waals surface area contributed by atoms with Gasteiger partial charge in [0.15, 0.2) is 0 Å². The highest BCUT2D eigenvalue weighted by Gasteiger charge is 2.21. The summed E-state index contributed by atoms with van der Waals surface area (Å²) in [5, 5.41) is 18.8. The maximum Gasteiger partial charge on any atom is 0.315 e. The first-order valence-corrected chi connectivity index (χ1v) is 5.90. The Hall–Kier alpha value is -2.70. The highest BCUT2D eigenvalue weighted by molar-refractivity contribution is 6.04. The number of hydrogen-bond acceptors (Lipinski definition) is 5. The average molecular weight is 275 g/mol. The third kappa shape index (κ3) is 2.82. The quantitative estimate of drug-likeness (QED) is 0.823. The zero-order chi connectivity index (χ0) is 14.7. The summed E-state index contributed by atoms with van der Waals surface area (Å²) in [5.41, 5.74) is 1.96. The molecule has 0 fully saturated rings. The van der Waals surface area contributed by atoms with Crippen molar-refractivity contribution in [2.75, 3.05) is 5.32 Å². The molecule has 1 atom stereocenters. The van der Waals surface area contributed by atoms with E-state index in [1.165, 1.54) is 13.3 Å². The topological polar surface area (TPSA) is 105 Å². The molecule has 0 bridgehead atoms. The van der Waals surface area contributed by atoms with Gasteiger partial charge in [-0.2, -0.15) is 0 Å². The Balaban J connectivity index is 2.26. The molecule has 0 aliphatic rings. The van der Waals surface area contributed by atoms with Crippen molar-refractivity contribution in [3.8, 4) is 11.5 Å². The van der Waals surface area contributed by atoms with Crippen LogP contribution in [-0.4, -0.2) is 27.2 Å². The van der Waals surface area contributed by atoms with Gasteiger partial charge < -0.3 is 14.8 Å². The first-order chi connectivity index (χ1) is 9.49. The number of amides is 1. The lowest BCUT2D eigenvalue weighted by Crippen LogP contribution is -2.27. The van der Waals surface area contributed by atoms with Crippen molar-refractivity contribution in [2.24, 2.45) is 5.92 Å². The van der Waals surface area contributed by atoms with Crippen molar-refractivity contribution in [3.63, 3.8) is 0 Å². The molecule has 20 heavy (non-hydrogen) atoms. The lowest BCUT2D eigenvalue weighted by atomic mass is 10.1. The number of aromatic nitrogens is 2. The second-order valence-corrected chi connectivity index (χ2v) is 4.32. The first kappa shape index (κ1) is 13.7. The summed E-state index contributed by atoms with van der Waals surface area (Å²) in [6, 6.07) is 5.22. The molecule has 1 amide bonds. The molecule has 0 aliphatic heterocycles. The first-order valence-electron chi connectivity index (χ1n) is 5.90. The van der Waals surface area contributed by atoms with E-state index in [-0.39, 0.29) is 0 Å². The molecule has 0 saturated heterocycles. The summed E-state index contributed by atoms with van der Waals surface area (Å²) < 4.78 is 5.08. The molecule has 0 saturated carbocycles. The molecule has 1 heterocycles. The number of aryl methyl sites for hydroxylation is 1. The summed E-state index contributed by atoms with van der Waals surface area (Å²) in [4.78, 5) is 22.5. The monoisotopic (exact) mass is 275 g/mol. The van der Waals surface area contributed by atoms with Gasteiger partial charge in [0.1, 0.15) is 5.92 Å². The van der Waals surface area contributed by atoms with Gasteiger partial charge in [-0.25, -0.2) is 0 Å². The van der Waals surface area contributed by atoms with Crippen LogP contribution in [0.15, 0.2) is 29.0 Å². The number of nitrogens with zero attached hydrogens (tertiary/aromatic N) is 2. The van der Waals surface area contributed by atoms with Crippen LogP contribution in [0, 0.1) is 12.8 Å². The Morgan fingerprint density at radius 2 is 2.15 bits per heavy atom. The van der Waals surface area contributed by atoms with E-state index in [0.717, 1.165) is 5.56 Å². The normalized spacial score (nSPS) is 11.9. The standard InChI is InChI=1S/C13H13N3O4/c1-7-3-4-9(12-16-14-6-20-12)5-10(7)15-11(17)8(2)13(18)19/h3-6,8H,1-2H3,(H,15,17)(H,18,19). The minimum absolute atomic E-state index is 0.326. The molecule has 2 aromatic rings. The number of nitrogens with one attached hydrogen (secondary N) is 1. The van der Waals surface area contributed by atoms with E-state index < -0.39 is 17.8 Å². The van der Waals surface area contributed by atoms with Crippen LogP contribution in [0.5, 0.6) is 0 Å². The predicted molar refractivity (Wildman–Crippen MR) is 69.9 cm³/mol. The Kier molecular flexibility index (Phi) is 3.79. The number of benzene rings is 1. The van der Waals surface area contributed by atoms with Crippen molar-refractivity contribution in [1.82, 2.24) is 10.2 Å². The van der Waals surface area contributed by atoms with Crippen LogP contribution >= 0.6 is 0 Å². The van der Waals surface area contributed by atoms with E-state index in [9.17, 15) is 9.59 Å². The van der Waals surface area contributed by atoms with Crippen LogP contribution in [0.4, 0.5) is 5.69 Å². The van der Waals surface area contributed by atoms with Crippen molar-refractivity contribution < 1.29 is 19.1 Å². The van der Waals surface area contributed by atoms with Gasteiger partial charge in [-0.1, -0.05) is 6.07 Å². The Labute approximate surface area is 114 Å². The van der Waals surface area contributed by atoms with E-state index in [0.29, 0.717) is 17.1 Å². The number of carbonyl (C=O) groups is 2. The molecule has 0 aliphatic carbocycles. The van der Waals surface area contributed by atoms with Gasteiger partial charge in [-0.15, -0.1) is 10.2 Å². The van der Waals surface area contributed by atoms with Gasteiger partial charge in [0, 0.05) is 11.3 Å². The zero-order valence-corrected chi connectivity index (χ0v) is 11.0. The van der Waals surface area contributed by atoms with Crippen LogP contribution in [-0.2, 0) is 9.59 Å². The average Bonchev–Trinajstić information content (AvgIpc) is 2.94. The number of carbonyl (C=O) groups excluding carboxylic acids is 1. The number of carboxylic acids is 1. The van der Waals surface area contributed by atoms with Crippen molar-refractivity contribution >= 4 is 17.6 Å². The van der Waals surface area contributed by atoms with Gasteiger partial charge in [-0.05, 0) is 31.5 Å². The highest BCUT2D eigenvalue weighted by atomic mass is 16.4. The molecule has 2 rings (SSSR count). The Morgan fingerprint density at radius 1 is 1.40 bits per heavy atom. The largest absolute Gasteiger partial charge is 0.481 e. The molecule has 0 spiro atoms. The van der Waals surface area contributed by atoms with Gasteiger partial charge >= 0.3 is 5.97 Å². The van der Waals surface area contributed by atoms with Gasteiger partial charge in [-0.3, -0.25) is 9.59 Å². The molecule has 1 aromatic heterocycles. The molecule has 7 nitrogen and oxygen atoms in total. The van der Waals surface area contributed by atoms with Gasteiger partial charge in [0.2, 0.25) is 18.2 Å². The van der Waals surface area contributed by atoms with Gasteiger partial charge in [0.05, 0.1) is 0 Å². The van der Waals surface area contributed by atoms with Crippen LogP contribution in [0.25, 0.3) is 11.5 Å². The summed E-state index contributed by atoms with van der Waals surface area (Å²) in [7, 11) is 0. The van der Waals surface area contributed by atoms with Gasteiger partial charge in [0.25, 0.3) is 0 Å². The molecule has 104 valence electrons. The van der Waals surface area contributed by atoms with Crippen LogP contribution in [0.1, 0.15) is 12.5 Å². The van der Waals surface area contributed by atoms with E-state index in [4.69, 9.17) is 9.52 Å². The van der Waals surface area contributed by atoms with Crippen molar-refractivity contribution in [1.29, 1.82) is 0 Å². The maximum absolute atomic E-state index is 11.8. The molecule has 0 radical (unpaired) electrons. The van der Waals surface area contributed by atoms with Crippen LogP contribution < -0.4 is 5.32 Å². The molecular weight excluding hydrogens is 262 g/mol. The number of anilines is 1. The lowest BCUT2D eigenvalue weighted by molar-refractivity contribution is -0.144. The number of rotatable bonds is 4. The van der Waals surface area contributed by atoms with E-state index in [1.54, 1.807) is 25.1 Å². The van der Waals surface area contributed by atoms with E-state index in [1.807, 2.05) is 0 Å². The third-order valence-electron chi connectivity index (χ3n) is 2.87. The van der Waals surface area contributed by atoms with Crippen LogP contribution in [0.3, 0.4) is 0 Å². The Bertz CT molecular complexity index is 637. The zero-order valence-electron chi connectivity index (χ0n) is 11.0. The second-order valence-electron chi connectivity index (χ2n) is 4.32. The fourth-order valence-corrected chi connectivity index (χ4v) is 1.54. The van der Waals surface area contributed by atoms with E-state index >= 15 is 0 Å². The lowest BCUT2D eigenvalue weighted by Gasteiger charge is -2.11. The smallest absolute Gasteiger partial charge is 0.315 e. The predicted octanol–water partition coefficient (Wildman–Crippen LogP) is 1.70. The van der Waals surface area contributed by atoms with Crippen LogP contribution in [0.2, 0.25) is 0 Å². The summed E-state index contributed by atoms with van der Waals surface area (Å²) in [5.74, 6) is -2.55. The maximum atomic E-state index is 11.8. The highest BCUT2D eigenvalue weighted by Crippen LogP contribution is 2.24. The summed E-state index contributed by atoms with van der Waals surface area (Å²) >= 11 is 0. The molecular formula is C13H13N3O4. The number of hydrogen-bond donors (Lipinski definition) is 2. The third-order valence-corrected chi connectivity index (χ3v) is 2.87. The minimum Gasteiger partial charge on any atom is -0.481 e. The molecule has 1 unspecified atom stereocenters. The number of aliphatic carboxylic acids is 1.